The number of halogens is 2. The molecule has 1 unspecified atom stereocenters. The Bertz CT molecular complexity index is 1860. The summed E-state index contributed by atoms with van der Waals surface area (Å²) >= 11 is 12.4. The smallest absolute Gasteiger partial charge is 0.272 e. The number of anilines is 2. The maximum atomic E-state index is 13.3. The number of carbonyl (C=O) groups excluding carboxylic acids is 3. The molecule has 1 aromatic heterocycles. The lowest BCUT2D eigenvalue weighted by Crippen LogP contribution is -2.30. The maximum absolute atomic E-state index is 13.3. The zero-order valence-corrected chi connectivity index (χ0v) is 27.8. The van der Waals surface area contributed by atoms with Crippen LogP contribution in [0.15, 0.2) is 124 Å². The fraction of sp³-hybridized carbons (Fsp3) is 0.0588. The molecule has 226 valence electrons. The lowest BCUT2D eigenvalue weighted by Gasteiger charge is -2.13. The molecule has 0 radical (unpaired) electrons. The van der Waals surface area contributed by atoms with Crippen molar-refractivity contribution in [1.82, 2.24) is 10.3 Å². The minimum Gasteiger partial charge on any atom is -0.321 e. The van der Waals surface area contributed by atoms with Gasteiger partial charge in [-0.2, -0.15) is 0 Å². The zero-order chi connectivity index (χ0) is 31.8. The summed E-state index contributed by atoms with van der Waals surface area (Å²) in [5, 5.41) is 11.0. The van der Waals surface area contributed by atoms with Gasteiger partial charge in [0.1, 0.15) is 5.70 Å². The molecule has 1 heterocycles. The third-order valence-corrected chi connectivity index (χ3v) is 9.06. The number of aromatic nitrogens is 1. The van der Waals surface area contributed by atoms with Crippen molar-refractivity contribution in [2.45, 2.75) is 17.1 Å². The van der Waals surface area contributed by atoms with Gasteiger partial charge in [0.05, 0.1) is 10.9 Å². The molecule has 0 aliphatic heterocycles. The Labute approximate surface area is 282 Å². The number of carbonyl (C=O) groups is 3. The Kier molecular flexibility index (Phi) is 10.9. The van der Waals surface area contributed by atoms with Crippen molar-refractivity contribution in [3.8, 4) is 11.3 Å². The van der Waals surface area contributed by atoms with Crippen molar-refractivity contribution in [3.63, 3.8) is 0 Å². The minimum atomic E-state index is -0.480. The lowest BCUT2D eigenvalue weighted by molar-refractivity contribution is -0.115. The molecule has 0 spiro atoms. The van der Waals surface area contributed by atoms with Gasteiger partial charge in [0.2, 0.25) is 5.91 Å². The molecule has 0 aliphatic carbocycles. The number of thioether (sulfide) groups is 1. The quantitative estimate of drug-likeness (QED) is 0.0991. The topological polar surface area (TPSA) is 100 Å². The first-order valence-corrected chi connectivity index (χ1v) is 16.6. The van der Waals surface area contributed by atoms with E-state index in [0.29, 0.717) is 27.1 Å². The first-order valence-electron chi connectivity index (χ1n) is 13.7. The molecule has 45 heavy (non-hydrogen) atoms. The molecule has 0 saturated heterocycles. The molecule has 5 aromatic rings. The highest BCUT2D eigenvalue weighted by atomic mass is 79.9. The van der Waals surface area contributed by atoms with E-state index in [4.69, 9.17) is 11.6 Å². The summed E-state index contributed by atoms with van der Waals surface area (Å²) in [5.41, 5.74) is 3.30. The van der Waals surface area contributed by atoms with E-state index < -0.39 is 17.1 Å². The molecule has 5 rings (SSSR count). The van der Waals surface area contributed by atoms with Gasteiger partial charge in [-0.15, -0.1) is 23.1 Å². The third kappa shape index (κ3) is 8.92. The summed E-state index contributed by atoms with van der Waals surface area (Å²) < 4.78 is 0.842. The van der Waals surface area contributed by atoms with Crippen LogP contribution in [0.5, 0.6) is 0 Å². The molecule has 0 saturated carbocycles. The Hall–Kier alpha value is -4.22. The van der Waals surface area contributed by atoms with Crippen LogP contribution >= 0.6 is 50.6 Å². The van der Waals surface area contributed by atoms with Crippen LogP contribution in [0.4, 0.5) is 10.8 Å². The SMILES string of the molecule is CC(Sc1ccc(NC(=O)/C(=C/c2cccc(Br)c2)NC(=O)c2ccccc2)cc1)C(=O)Nc1nc(-c2ccccc2Cl)cs1. The Morgan fingerprint density at radius 1 is 0.911 bits per heavy atom. The van der Waals surface area contributed by atoms with Crippen LogP contribution in [0, 0.1) is 0 Å². The first kappa shape index (κ1) is 32.2. The molecule has 0 bridgehead atoms. The number of hydrogen-bond acceptors (Lipinski definition) is 6. The maximum Gasteiger partial charge on any atom is 0.272 e. The summed E-state index contributed by atoms with van der Waals surface area (Å²) in [6.07, 6.45) is 1.62. The van der Waals surface area contributed by atoms with Gasteiger partial charge >= 0.3 is 0 Å². The molecular weight excluding hydrogens is 692 g/mol. The van der Waals surface area contributed by atoms with E-state index in [0.717, 1.165) is 20.5 Å². The molecule has 11 heteroatoms. The van der Waals surface area contributed by atoms with E-state index in [9.17, 15) is 14.4 Å². The van der Waals surface area contributed by atoms with Gasteiger partial charge in [0.25, 0.3) is 11.8 Å². The van der Waals surface area contributed by atoms with Gasteiger partial charge in [-0.1, -0.05) is 76.1 Å². The van der Waals surface area contributed by atoms with E-state index >= 15 is 0 Å². The van der Waals surface area contributed by atoms with Gasteiger partial charge < -0.3 is 16.0 Å². The van der Waals surface area contributed by atoms with Gasteiger partial charge in [-0.05, 0) is 73.2 Å². The molecule has 0 fully saturated rings. The predicted molar refractivity (Wildman–Crippen MR) is 188 cm³/mol. The monoisotopic (exact) mass is 716 g/mol. The normalized spacial score (nSPS) is 11.8. The van der Waals surface area contributed by atoms with Crippen molar-refractivity contribution < 1.29 is 14.4 Å². The molecular formula is C34H26BrClN4O3S2. The van der Waals surface area contributed by atoms with E-state index in [-0.39, 0.29) is 11.6 Å². The number of amides is 3. The highest BCUT2D eigenvalue weighted by Gasteiger charge is 2.18. The summed E-state index contributed by atoms with van der Waals surface area (Å²) in [4.78, 5) is 44.4. The summed E-state index contributed by atoms with van der Waals surface area (Å²) in [7, 11) is 0. The Balaban J connectivity index is 1.21. The van der Waals surface area contributed by atoms with Gasteiger partial charge in [-0.25, -0.2) is 4.98 Å². The number of hydrogen-bond donors (Lipinski definition) is 3. The van der Waals surface area contributed by atoms with Crippen LogP contribution < -0.4 is 16.0 Å². The number of rotatable bonds is 10. The van der Waals surface area contributed by atoms with E-state index in [1.807, 2.05) is 73.0 Å². The number of benzene rings is 4. The lowest BCUT2D eigenvalue weighted by atomic mass is 10.1. The summed E-state index contributed by atoms with van der Waals surface area (Å²) in [6, 6.07) is 30.6. The van der Waals surface area contributed by atoms with Crippen molar-refractivity contribution in [3.05, 3.63) is 135 Å². The van der Waals surface area contributed by atoms with E-state index in [2.05, 4.69) is 36.9 Å². The van der Waals surface area contributed by atoms with Gasteiger partial charge in [-0.3, -0.25) is 14.4 Å². The molecule has 3 N–H and O–H groups in total. The summed E-state index contributed by atoms with van der Waals surface area (Å²) in [5.74, 6) is -1.07. The molecule has 1 atom stereocenters. The van der Waals surface area contributed by atoms with Gasteiger partial charge in [0, 0.05) is 36.6 Å². The van der Waals surface area contributed by atoms with Crippen LogP contribution in [0.25, 0.3) is 17.3 Å². The van der Waals surface area contributed by atoms with Crippen molar-refractivity contribution in [2.75, 3.05) is 10.6 Å². The number of thiazole rings is 1. The summed E-state index contributed by atoms with van der Waals surface area (Å²) in [6.45, 7) is 1.81. The van der Waals surface area contributed by atoms with Crippen LogP contribution in [0.3, 0.4) is 0 Å². The van der Waals surface area contributed by atoms with E-state index in [1.165, 1.54) is 23.1 Å². The average molecular weight is 718 g/mol. The van der Waals surface area contributed by atoms with E-state index in [1.54, 1.807) is 48.5 Å². The molecule has 3 amide bonds. The first-order chi connectivity index (χ1) is 21.7. The van der Waals surface area contributed by atoms with Crippen LogP contribution in [-0.4, -0.2) is 28.0 Å². The van der Waals surface area contributed by atoms with Crippen molar-refractivity contribution in [2.24, 2.45) is 0 Å². The van der Waals surface area contributed by atoms with Crippen LogP contribution in [0.2, 0.25) is 5.02 Å². The predicted octanol–water partition coefficient (Wildman–Crippen LogP) is 8.75. The highest BCUT2D eigenvalue weighted by Crippen LogP contribution is 2.31. The minimum absolute atomic E-state index is 0.0885. The second kappa shape index (κ2) is 15.2. The molecule has 7 nitrogen and oxygen atoms in total. The fourth-order valence-electron chi connectivity index (χ4n) is 4.11. The number of nitrogens with one attached hydrogen (secondary N) is 3. The third-order valence-electron chi connectivity index (χ3n) is 6.37. The zero-order valence-electron chi connectivity index (χ0n) is 23.8. The average Bonchev–Trinajstić information content (AvgIpc) is 3.50. The van der Waals surface area contributed by atoms with Crippen LogP contribution in [-0.2, 0) is 9.59 Å². The fourth-order valence-corrected chi connectivity index (χ4v) is 6.34. The largest absolute Gasteiger partial charge is 0.321 e. The highest BCUT2D eigenvalue weighted by molar-refractivity contribution is 9.10. The number of nitrogens with zero attached hydrogens (tertiary/aromatic N) is 1. The Morgan fingerprint density at radius 2 is 1.64 bits per heavy atom. The Morgan fingerprint density at radius 3 is 2.38 bits per heavy atom. The second-order valence-electron chi connectivity index (χ2n) is 9.68. The molecule has 4 aromatic carbocycles. The standard InChI is InChI=1S/C34H26BrClN4O3S2/c1-21(31(41)40-34-39-30(20-44-34)27-12-5-6-13-28(27)36)45-26-16-14-25(15-17-26)37-33(43)29(19-22-8-7-11-24(35)18-22)38-32(42)23-9-3-2-4-10-23/h2-21H,1H3,(H,37,43)(H,38,42)(H,39,40,41)/b29-19-. The molecule has 0 aliphatic rings. The van der Waals surface area contributed by atoms with Crippen LogP contribution in [0.1, 0.15) is 22.8 Å². The van der Waals surface area contributed by atoms with Crippen molar-refractivity contribution in [1.29, 1.82) is 0 Å². The van der Waals surface area contributed by atoms with Crippen molar-refractivity contribution >= 4 is 85.2 Å². The second-order valence-corrected chi connectivity index (χ2v) is 13.3. The van der Waals surface area contributed by atoms with Gasteiger partial charge in [0.15, 0.2) is 5.13 Å².